The van der Waals surface area contributed by atoms with E-state index in [2.05, 4.69) is 54.2 Å². The lowest BCUT2D eigenvalue weighted by atomic mass is 9.84. The molecule has 0 saturated heterocycles. The first-order valence-corrected chi connectivity index (χ1v) is 8.15. The molecule has 0 fully saturated rings. The zero-order valence-corrected chi connectivity index (χ0v) is 14.3. The van der Waals surface area contributed by atoms with Crippen LogP contribution in [0.25, 0.3) is 0 Å². The summed E-state index contributed by atoms with van der Waals surface area (Å²) in [5.74, 6) is 0.692. The second kappa shape index (κ2) is 9.39. The highest BCUT2D eigenvalue weighted by Gasteiger charge is 2.14. The van der Waals surface area contributed by atoms with E-state index in [-0.39, 0.29) is 0 Å². The Morgan fingerprint density at radius 2 is 1.84 bits per heavy atom. The molecule has 0 aliphatic rings. The van der Waals surface area contributed by atoms with Gasteiger partial charge in [0, 0.05) is 0 Å². The molecular weight excluding hydrogens is 228 g/mol. The lowest BCUT2D eigenvalue weighted by molar-refractivity contribution is 0.322. The van der Waals surface area contributed by atoms with E-state index in [0.717, 1.165) is 6.42 Å². The first-order chi connectivity index (χ1) is 8.82. The van der Waals surface area contributed by atoms with Gasteiger partial charge in [-0.1, -0.05) is 71.3 Å². The van der Waals surface area contributed by atoms with E-state index in [4.69, 9.17) is 0 Å². The molecule has 0 bridgehead atoms. The largest absolute Gasteiger partial charge is 0.0996 e. The SMILES string of the molecule is C=C(CC/C=C(\C)CCC(C)(C)CC)C(C)CCC. The third-order valence-electron chi connectivity index (χ3n) is 4.53. The third kappa shape index (κ3) is 9.08. The molecule has 0 heterocycles. The molecule has 0 aliphatic heterocycles. The zero-order chi connectivity index (χ0) is 14.9. The fourth-order valence-corrected chi connectivity index (χ4v) is 2.20. The highest BCUT2D eigenvalue weighted by Crippen LogP contribution is 2.28. The zero-order valence-electron chi connectivity index (χ0n) is 14.3. The molecule has 0 aliphatic carbocycles. The van der Waals surface area contributed by atoms with Gasteiger partial charge in [-0.15, -0.1) is 0 Å². The van der Waals surface area contributed by atoms with Gasteiger partial charge < -0.3 is 0 Å². The summed E-state index contributed by atoms with van der Waals surface area (Å²) in [6.07, 6.45) is 11.1. The summed E-state index contributed by atoms with van der Waals surface area (Å²) in [5, 5.41) is 0. The van der Waals surface area contributed by atoms with Crippen LogP contribution in [-0.2, 0) is 0 Å². The van der Waals surface area contributed by atoms with Gasteiger partial charge in [0.25, 0.3) is 0 Å². The van der Waals surface area contributed by atoms with Crippen molar-refractivity contribution in [2.75, 3.05) is 0 Å². The van der Waals surface area contributed by atoms with Crippen LogP contribution in [0.4, 0.5) is 0 Å². The van der Waals surface area contributed by atoms with Crippen molar-refractivity contribution in [3.8, 4) is 0 Å². The van der Waals surface area contributed by atoms with Crippen LogP contribution in [0.15, 0.2) is 23.8 Å². The number of rotatable bonds is 10. The molecule has 0 nitrogen and oxygen atoms in total. The summed E-state index contributed by atoms with van der Waals surface area (Å²) in [4.78, 5) is 0. The van der Waals surface area contributed by atoms with Crippen molar-refractivity contribution in [1.29, 1.82) is 0 Å². The van der Waals surface area contributed by atoms with E-state index in [1.54, 1.807) is 5.57 Å². The minimum absolute atomic E-state index is 0.494. The molecule has 0 saturated carbocycles. The molecule has 0 N–H and O–H groups in total. The van der Waals surface area contributed by atoms with E-state index in [1.807, 2.05) is 0 Å². The van der Waals surface area contributed by atoms with E-state index in [1.165, 1.54) is 44.1 Å². The Balaban J connectivity index is 3.96. The van der Waals surface area contributed by atoms with Crippen LogP contribution in [0.2, 0.25) is 0 Å². The highest BCUT2D eigenvalue weighted by molar-refractivity contribution is 5.04. The fourth-order valence-electron chi connectivity index (χ4n) is 2.20. The Kier molecular flexibility index (Phi) is 9.14. The Hall–Kier alpha value is -0.520. The molecule has 112 valence electrons. The van der Waals surface area contributed by atoms with Crippen molar-refractivity contribution in [3.05, 3.63) is 23.8 Å². The van der Waals surface area contributed by atoms with E-state index >= 15 is 0 Å². The second-order valence-electron chi connectivity index (χ2n) is 6.95. The predicted molar refractivity (Wildman–Crippen MR) is 89.5 cm³/mol. The molecular formula is C19H36. The molecule has 1 atom stereocenters. The molecule has 19 heavy (non-hydrogen) atoms. The van der Waals surface area contributed by atoms with Gasteiger partial charge in [-0.3, -0.25) is 0 Å². The third-order valence-corrected chi connectivity index (χ3v) is 4.53. The Bertz CT molecular complexity index is 280. The highest BCUT2D eigenvalue weighted by atomic mass is 14.2. The van der Waals surface area contributed by atoms with Crippen LogP contribution in [0, 0.1) is 11.3 Å². The Morgan fingerprint density at radius 1 is 1.21 bits per heavy atom. The molecule has 1 unspecified atom stereocenters. The summed E-state index contributed by atoms with van der Waals surface area (Å²) in [7, 11) is 0. The van der Waals surface area contributed by atoms with Gasteiger partial charge in [0.2, 0.25) is 0 Å². The average Bonchev–Trinajstić information content (AvgIpc) is 2.36. The van der Waals surface area contributed by atoms with Crippen molar-refractivity contribution in [2.24, 2.45) is 11.3 Å². The topological polar surface area (TPSA) is 0 Å². The summed E-state index contributed by atoms with van der Waals surface area (Å²) in [6.45, 7) is 18.1. The van der Waals surface area contributed by atoms with Crippen LogP contribution in [-0.4, -0.2) is 0 Å². The van der Waals surface area contributed by atoms with Crippen molar-refractivity contribution < 1.29 is 0 Å². The Morgan fingerprint density at radius 3 is 2.37 bits per heavy atom. The maximum Gasteiger partial charge on any atom is -0.0234 e. The maximum absolute atomic E-state index is 4.24. The van der Waals surface area contributed by atoms with Crippen LogP contribution < -0.4 is 0 Å². The summed E-state index contributed by atoms with van der Waals surface area (Å²) < 4.78 is 0. The average molecular weight is 264 g/mol. The summed E-state index contributed by atoms with van der Waals surface area (Å²) >= 11 is 0. The molecule has 0 aromatic carbocycles. The lowest BCUT2D eigenvalue weighted by Crippen LogP contribution is -2.09. The monoisotopic (exact) mass is 264 g/mol. The maximum atomic E-state index is 4.24. The molecule has 0 heteroatoms. The normalized spacial score (nSPS) is 14.5. The van der Waals surface area contributed by atoms with Crippen LogP contribution in [0.5, 0.6) is 0 Å². The summed E-state index contributed by atoms with van der Waals surface area (Å²) in [6, 6.07) is 0. The van der Waals surface area contributed by atoms with Gasteiger partial charge >= 0.3 is 0 Å². The van der Waals surface area contributed by atoms with E-state index in [9.17, 15) is 0 Å². The van der Waals surface area contributed by atoms with Crippen molar-refractivity contribution in [2.45, 2.75) is 86.5 Å². The first-order valence-electron chi connectivity index (χ1n) is 8.15. The minimum Gasteiger partial charge on any atom is -0.0996 e. The molecule has 0 spiro atoms. The smallest absolute Gasteiger partial charge is 0.0234 e. The van der Waals surface area contributed by atoms with E-state index in [0.29, 0.717) is 11.3 Å². The van der Waals surface area contributed by atoms with Crippen LogP contribution in [0.3, 0.4) is 0 Å². The quantitative estimate of drug-likeness (QED) is 0.376. The summed E-state index contributed by atoms with van der Waals surface area (Å²) in [5.41, 5.74) is 3.48. The van der Waals surface area contributed by atoms with Crippen molar-refractivity contribution in [1.82, 2.24) is 0 Å². The van der Waals surface area contributed by atoms with Crippen molar-refractivity contribution >= 4 is 0 Å². The van der Waals surface area contributed by atoms with Gasteiger partial charge in [-0.05, 0) is 50.4 Å². The number of allylic oxidation sites excluding steroid dienone is 3. The van der Waals surface area contributed by atoms with Gasteiger partial charge in [-0.2, -0.15) is 0 Å². The Labute approximate surface area is 122 Å². The van der Waals surface area contributed by atoms with Crippen molar-refractivity contribution in [3.63, 3.8) is 0 Å². The van der Waals surface area contributed by atoms with E-state index < -0.39 is 0 Å². The van der Waals surface area contributed by atoms with Gasteiger partial charge in [-0.25, -0.2) is 0 Å². The van der Waals surface area contributed by atoms with Crippen LogP contribution >= 0.6 is 0 Å². The number of hydrogen-bond acceptors (Lipinski definition) is 0. The lowest BCUT2D eigenvalue weighted by Gasteiger charge is -2.22. The van der Waals surface area contributed by atoms with Crippen LogP contribution in [0.1, 0.15) is 86.5 Å². The van der Waals surface area contributed by atoms with Gasteiger partial charge in [0.15, 0.2) is 0 Å². The fraction of sp³-hybridized carbons (Fsp3) is 0.789. The predicted octanol–water partition coefficient (Wildman–Crippen LogP) is 6.92. The first kappa shape index (κ1) is 18.5. The number of hydrogen-bond donors (Lipinski definition) is 0. The minimum atomic E-state index is 0.494. The molecule has 0 radical (unpaired) electrons. The molecule has 0 aromatic rings. The second-order valence-corrected chi connectivity index (χ2v) is 6.95. The standard InChI is InChI=1S/C19H36/c1-8-11-17(4)18(5)13-10-12-16(3)14-15-19(6,7)9-2/h12,17H,5,8-11,13-15H2,1-4,6-7H3/b16-12+. The molecule has 0 amide bonds. The van der Waals surface area contributed by atoms with Gasteiger partial charge in [0.1, 0.15) is 0 Å². The van der Waals surface area contributed by atoms with Gasteiger partial charge in [0.05, 0.1) is 0 Å². The molecule has 0 aromatic heterocycles. The molecule has 0 rings (SSSR count).